The first-order chi connectivity index (χ1) is 11.1. The summed E-state index contributed by atoms with van der Waals surface area (Å²) in [7, 11) is 0. The first-order valence-corrected chi connectivity index (χ1v) is 7.77. The molecule has 0 bridgehead atoms. The van der Waals surface area contributed by atoms with Crippen LogP contribution in [0.15, 0.2) is 54.2 Å². The van der Waals surface area contributed by atoms with Crippen LogP contribution in [0.25, 0.3) is 5.69 Å². The summed E-state index contributed by atoms with van der Waals surface area (Å²) in [5, 5.41) is 4.86. The van der Waals surface area contributed by atoms with E-state index >= 15 is 0 Å². The number of carbonyl (C=O) groups excluding carboxylic acids is 2. The molecule has 2 amide bonds. The second-order valence-corrected chi connectivity index (χ2v) is 5.74. The predicted molar refractivity (Wildman–Crippen MR) is 88.7 cm³/mol. The number of benzene rings is 1. The maximum Gasteiger partial charge on any atom is 0.257 e. The normalized spacial score (nSPS) is 10.4. The lowest BCUT2D eigenvalue weighted by atomic mass is 10.2. The number of nitrogens with two attached hydrogens (primary N) is 1. The van der Waals surface area contributed by atoms with Gasteiger partial charge in [0.15, 0.2) is 5.13 Å². The second kappa shape index (κ2) is 6.45. The van der Waals surface area contributed by atoms with Crippen LogP contribution in [-0.4, -0.2) is 21.4 Å². The molecule has 0 spiro atoms. The van der Waals surface area contributed by atoms with E-state index in [0.29, 0.717) is 16.4 Å². The van der Waals surface area contributed by atoms with Crippen LogP contribution in [0.5, 0.6) is 0 Å². The van der Waals surface area contributed by atoms with Gasteiger partial charge in [-0.1, -0.05) is 0 Å². The Balaban J connectivity index is 1.68. The summed E-state index contributed by atoms with van der Waals surface area (Å²) in [6.07, 6.45) is 3.94. The average Bonchev–Trinajstić information content (AvgIpc) is 3.19. The number of nitrogens with one attached hydrogen (secondary N) is 1. The zero-order valence-corrected chi connectivity index (χ0v) is 12.9. The van der Waals surface area contributed by atoms with Crippen LogP contribution in [0.3, 0.4) is 0 Å². The van der Waals surface area contributed by atoms with Gasteiger partial charge in [-0.25, -0.2) is 4.98 Å². The highest BCUT2D eigenvalue weighted by atomic mass is 32.1. The number of hydrogen-bond donors (Lipinski definition) is 2. The Hall–Kier alpha value is -2.93. The second-order valence-electron chi connectivity index (χ2n) is 4.88. The number of thiazole rings is 1. The summed E-state index contributed by atoms with van der Waals surface area (Å²) in [5.41, 5.74) is 7.18. The van der Waals surface area contributed by atoms with Crippen LogP contribution >= 0.6 is 11.3 Å². The standard InChI is InChI=1S/C16H14N4O2S/c17-14(21)9-12-10-23-16(18-12)19-15(22)11-3-5-13(6-4-11)20-7-1-2-8-20/h1-8,10H,9H2,(H2,17,21)(H,18,19,22). The summed E-state index contributed by atoms with van der Waals surface area (Å²) < 4.78 is 1.96. The van der Waals surface area contributed by atoms with Crippen LogP contribution in [-0.2, 0) is 11.2 Å². The number of primary amides is 1. The molecule has 0 fully saturated rings. The average molecular weight is 326 g/mol. The van der Waals surface area contributed by atoms with Gasteiger partial charge in [0.05, 0.1) is 12.1 Å². The largest absolute Gasteiger partial charge is 0.369 e. The molecular formula is C16H14N4O2S. The van der Waals surface area contributed by atoms with Gasteiger partial charge < -0.3 is 10.3 Å². The van der Waals surface area contributed by atoms with Crippen LogP contribution in [0.4, 0.5) is 5.13 Å². The Morgan fingerprint density at radius 1 is 1.17 bits per heavy atom. The van der Waals surface area contributed by atoms with E-state index in [0.717, 1.165) is 5.69 Å². The van der Waals surface area contributed by atoms with Gasteiger partial charge in [0.2, 0.25) is 5.91 Å². The highest BCUT2D eigenvalue weighted by molar-refractivity contribution is 7.14. The van der Waals surface area contributed by atoms with Crippen LogP contribution < -0.4 is 11.1 Å². The van der Waals surface area contributed by atoms with Crippen molar-refractivity contribution in [1.82, 2.24) is 9.55 Å². The molecule has 2 heterocycles. The van der Waals surface area contributed by atoms with Gasteiger partial charge in [0, 0.05) is 29.0 Å². The molecule has 0 saturated carbocycles. The molecule has 0 aliphatic carbocycles. The fraction of sp³-hybridized carbons (Fsp3) is 0.0625. The molecule has 0 aliphatic heterocycles. The molecule has 3 rings (SSSR count). The van der Waals surface area contributed by atoms with Crippen LogP contribution in [0.2, 0.25) is 0 Å². The summed E-state index contributed by atoms with van der Waals surface area (Å²) in [6.45, 7) is 0. The Kier molecular flexibility index (Phi) is 4.20. The Bertz CT molecular complexity index is 822. The first-order valence-electron chi connectivity index (χ1n) is 6.89. The lowest BCUT2D eigenvalue weighted by Gasteiger charge is -2.05. The van der Waals surface area contributed by atoms with Crippen molar-refractivity contribution in [2.45, 2.75) is 6.42 Å². The van der Waals surface area contributed by atoms with Crippen molar-refractivity contribution < 1.29 is 9.59 Å². The van der Waals surface area contributed by atoms with Crippen molar-refractivity contribution in [1.29, 1.82) is 0 Å². The Morgan fingerprint density at radius 2 is 1.87 bits per heavy atom. The predicted octanol–water partition coefficient (Wildman–Crippen LogP) is 2.21. The minimum atomic E-state index is -0.450. The van der Waals surface area contributed by atoms with Crippen molar-refractivity contribution in [3.8, 4) is 5.69 Å². The quantitative estimate of drug-likeness (QED) is 0.753. The molecule has 0 aliphatic rings. The van der Waals surface area contributed by atoms with Crippen LogP contribution in [0.1, 0.15) is 16.1 Å². The molecule has 0 radical (unpaired) electrons. The first kappa shape index (κ1) is 15.0. The fourth-order valence-electron chi connectivity index (χ4n) is 2.08. The van der Waals surface area contributed by atoms with E-state index in [1.54, 1.807) is 17.5 Å². The fourth-order valence-corrected chi connectivity index (χ4v) is 2.79. The molecule has 6 nitrogen and oxygen atoms in total. The maximum absolute atomic E-state index is 12.2. The van der Waals surface area contributed by atoms with Crippen molar-refractivity contribution in [2.24, 2.45) is 5.73 Å². The molecule has 7 heteroatoms. The molecule has 0 unspecified atom stereocenters. The van der Waals surface area contributed by atoms with Gasteiger partial charge in [-0.3, -0.25) is 14.9 Å². The third-order valence-corrected chi connectivity index (χ3v) is 3.97. The van der Waals surface area contributed by atoms with Gasteiger partial charge in [-0.05, 0) is 36.4 Å². The molecule has 1 aromatic carbocycles. The zero-order valence-electron chi connectivity index (χ0n) is 12.1. The number of anilines is 1. The van der Waals surface area contributed by atoms with E-state index < -0.39 is 5.91 Å². The molecular weight excluding hydrogens is 312 g/mol. The zero-order chi connectivity index (χ0) is 16.2. The smallest absolute Gasteiger partial charge is 0.257 e. The molecule has 2 aromatic heterocycles. The van der Waals surface area contributed by atoms with Crippen molar-refractivity contribution in [3.63, 3.8) is 0 Å². The minimum Gasteiger partial charge on any atom is -0.369 e. The van der Waals surface area contributed by atoms with Crippen molar-refractivity contribution >= 4 is 28.3 Å². The van der Waals surface area contributed by atoms with E-state index in [2.05, 4.69) is 10.3 Å². The number of nitrogens with zero attached hydrogens (tertiary/aromatic N) is 2. The number of rotatable bonds is 5. The maximum atomic E-state index is 12.2. The Morgan fingerprint density at radius 3 is 2.52 bits per heavy atom. The van der Waals surface area contributed by atoms with Gasteiger partial charge in [0.1, 0.15) is 0 Å². The van der Waals surface area contributed by atoms with Gasteiger partial charge in [0.25, 0.3) is 5.91 Å². The van der Waals surface area contributed by atoms with Crippen molar-refractivity contribution in [2.75, 3.05) is 5.32 Å². The van der Waals surface area contributed by atoms with E-state index in [9.17, 15) is 9.59 Å². The molecule has 3 aromatic rings. The number of aromatic nitrogens is 2. The highest BCUT2D eigenvalue weighted by Crippen LogP contribution is 2.17. The monoisotopic (exact) mass is 326 g/mol. The third-order valence-electron chi connectivity index (χ3n) is 3.16. The van der Waals surface area contributed by atoms with Gasteiger partial charge >= 0.3 is 0 Å². The number of hydrogen-bond acceptors (Lipinski definition) is 4. The Labute approximate surface area is 136 Å². The number of carbonyl (C=O) groups is 2. The molecule has 3 N–H and O–H groups in total. The molecule has 0 saturated heterocycles. The molecule has 116 valence electrons. The minimum absolute atomic E-state index is 0.0674. The van der Waals surface area contributed by atoms with E-state index in [-0.39, 0.29) is 12.3 Å². The summed E-state index contributed by atoms with van der Waals surface area (Å²) in [4.78, 5) is 27.2. The lowest BCUT2D eigenvalue weighted by molar-refractivity contribution is -0.117. The topological polar surface area (TPSA) is 90.0 Å². The highest BCUT2D eigenvalue weighted by Gasteiger charge is 2.10. The summed E-state index contributed by atoms with van der Waals surface area (Å²) >= 11 is 1.26. The number of amides is 2. The van der Waals surface area contributed by atoms with Gasteiger partial charge in [-0.2, -0.15) is 0 Å². The lowest BCUT2D eigenvalue weighted by Crippen LogP contribution is -2.14. The summed E-state index contributed by atoms with van der Waals surface area (Å²) in [6, 6.07) is 11.1. The van der Waals surface area contributed by atoms with Crippen LogP contribution in [0, 0.1) is 0 Å². The summed E-state index contributed by atoms with van der Waals surface area (Å²) in [5.74, 6) is -0.696. The third kappa shape index (κ3) is 3.64. The van der Waals surface area contributed by atoms with E-state index in [1.165, 1.54) is 11.3 Å². The molecule has 23 heavy (non-hydrogen) atoms. The van der Waals surface area contributed by atoms with E-state index in [1.807, 2.05) is 41.2 Å². The van der Waals surface area contributed by atoms with E-state index in [4.69, 9.17) is 5.73 Å². The van der Waals surface area contributed by atoms with Crippen molar-refractivity contribution in [3.05, 3.63) is 65.4 Å². The SMILES string of the molecule is NC(=O)Cc1csc(NC(=O)c2ccc(-n3cccc3)cc2)n1. The molecule has 0 atom stereocenters. The van der Waals surface area contributed by atoms with Gasteiger partial charge in [-0.15, -0.1) is 11.3 Å².